The van der Waals surface area contributed by atoms with Crippen molar-refractivity contribution in [3.63, 3.8) is 0 Å². The maximum atomic E-state index is 6.27. The van der Waals surface area contributed by atoms with Gasteiger partial charge < -0.3 is 14.8 Å². The molecule has 0 amide bonds. The van der Waals surface area contributed by atoms with E-state index in [1.165, 1.54) is 5.54 Å². The molecule has 112 valence electrons. The Balaban J connectivity index is 2.90. The molecule has 0 aromatic heterocycles. The molecule has 0 heterocycles. The van der Waals surface area contributed by atoms with Crippen LogP contribution in [0.5, 0.6) is 11.5 Å². The predicted octanol–water partition coefficient (Wildman–Crippen LogP) is 4.37. The zero-order chi connectivity index (χ0) is 15.1. The fraction of sp³-hybridized carbons (Fsp3) is 0.467. The van der Waals surface area contributed by atoms with Crippen LogP contribution in [0, 0.1) is 0 Å². The molecule has 20 heavy (non-hydrogen) atoms. The van der Waals surface area contributed by atoms with E-state index < -0.39 is 0 Å². The third-order valence-corrected chi connectivity index (χ3v) is 3.29. The molecule has 1 aromatic rings. The summed E-state index contributed by atoms with van der Waals surface area (Å²) in [5.74, 6) is 1.17. The molecule has 0 aliphatic heterocycles. The zero-order valence-corrected chi connectivity index (χ0v) is 13.8. The molecule has 0 bridgehead atoms. The average molecular weight is 318 g/mol. The lowest BCUT2D eigenvalue weighted by molar-refractivity contribution is 0.319. The van der Waals surface area contributed by atoms with Crippen molar-refractivity contribution < 1.29 is 9.47 Å². The fourth-order valence-electron chi connectivity index (χ4n) is 1.55. The van der Waals surface area contributed by atoms with Crippen molar-refractivity contribution >= 4 is 23.2 Å². The van der Waals surface area contributed by atoms with Gasteiger partial charge in [-0.25, -0.2) is 0 Å². The average Bonchev–Trinajstić information content (AvgIpc) is 2.42. The minimum Gasteiger partial charge on any atom is -0.493 e. The highest BCUT2D eigenvalue weighted by molar-refractivity contribution is 6.32. The number of hydrogen-bond acceptors (Lipinski definition) is 3. The summed E-state index contributed by atoms with van der Waals surface area (Å²) < 4.78 is 11.0. The van der Waals surface area contributed by atoms with Crippen molar-refractivity contribution in [2.24, 2.45) is 0 Å². The van der Waals surface area contributed by atoms with E-state index in [0.717, 1.165) is 17.7 Å². The molecular formula is C15H21Cl2NO2. The summed E-state index contributed by atoms with van der Waals surface area (Å²) in [4.78, 5) is 0. The van der Waals surface area contributed by atoms with Gasteiger partial charge in [-0.15, -0.1) is 0 Å². The van der Waals surface area contributed by atoms with Crippen LogP contribution >= 0.6 is 23.2 Å². The number of halogens is 2. The predicted molar refractivity (Wildman–Crippen MR) is 85.1 cm³/mol. The van der Waals surface area contributed by atoms with Gasteiger partial charge in [-0.1, -0.05) is 37.0 Å². The van der Waals surface area contributed by atoms with Gasteiger partial charge in [-0.3, -0.25) is 0 Å². The maximum absolute atomic E-state index is 6.27. The van der Waals surface area contributed by atoms with Crippen LogP contribution in [-0.4, -0.2) is 19.8 Å². The van der Waals surface area contributed by atoms with Crippen LogP contribution in [-0.2, 0) is 6.54 Å². The molecule has 5 heteroatoms. The summed E-state index contributed by atoms with van der Waals surface area (Å²) in [6.07, 6.45) is 0. The fourth-order valence-corrected chi connectivity index (χ4v) is 1.91. The molecule has 0 unspecified atom stereocenters. The molecule has 3 nitrogen and oxygen atoms in total. The lowest BCUT2D eigenvalue weighted by atomic mass is 10.2. The van der Waals surface area contributed by atoms with Crippen LogP contribution in [0.4, 0.5) is 0 Å². The molecule has 0 radical (unpaired) electrons. The first-order valence-corrected chi connectivity index (χ1v) is 7.27. The largest absolute Gasteiger partial charge is 0.493 e. The van der Waals surface area contributed by atoms with Gasteiger partial charge in [0.15, 0.2) is 11.5 Å². The number of nitrogens with one attached hydrogen (secondary N) is 1. The second-order valence-corrected chi connectivity index (χ2v) is 5.51. The number of hydrogen-bond donors (Lipinski definition) is 1. The van der Waals surface area contributed by atoms with E-state index >= 15 is 0 Å². The normalized spacial score (nSPS) is 11.8. The van der Waals surface area contributed by atoms with Crippen molar-refractivity contribution in [2.75, 3.05) is 13.7 Å². The van der Waals surface area contributed by atoms with Gasteiger partial charge in [0.25, 0.3) is 0 Å². The molecule has 1 rings (SSSR count). The first-order chi connectivity index (χ1) is 9.47. The van der Waals surface area contributed by atoms with Gasteiger partial charge in [0, 0.05) is 18.1 Å². The summed E-state index contributed by atoms with van der Waals surface area (Å²) in [6, 6.07) is 4.22. The van der Waals surface area contributed by atoms with Crippen molar-refractivity contribution in [1.82, 2.24) is 5.32 Å². The quantitative estimate of drug-likeness (QED) is 0.810. The van der Waals surface area contributed by atoms with E-state index in [0.29, 0.717) is 29.2 Å². The van der Waals surface area contributed by atoms with Crippen LogP contribution in [0.3, 0.4) is 0 Å². The number of ether oxygens (including phenoxy) is 2. The van der Waals surface area contributed by atoms with Crippen LogP contribution in [0.1, 0.15) is 26.3 Å². The van der Waals surface area contributed by atoms with Crippen LogP contribution in [0.25, 0.3) is 0 Å². The van der Waals surface area contributed by atoms with E-state index in [1.54, 1.807) is 7.11 Å². The summed E-state index contributed by atoms with van der Waals surface area (Å²) >= 11 is 11.9. The Bertz CT molecular complexity index is 473. The molecule has 0 aliphatic rings. The number of methoxy groups -OCH3 is 1. The summed E-state index contributed by atoms with van der Waals surface area (Å²) in [5.41, 5.74) is 3.45. The van der Waals surface area contributed by atoms with Gasteiger partial charge in [-0.2, -0.15) is 0 Å². The zero-order valence-electron chi connectivity index (χ0n) is 12.3. The van der Waals surface area contributed by atoms with Crippen LogP contribution in [0.15, 0.2) is 23.2 Å². The Hall–Kier alpha value is -0.900. The van der Waals surface area contributed by atoms with Gasteiger partial charge in [-0.05, 0) is 30.2 Å². The van der Waals surface area contributed by atoms with Gasteiger partial charge in [0.05, 0.1) is 12.1 Å². The molecule has 0 fully saturated rings. The topological polar surface area (TPSA) is 30.5 Å². The van der Waals surface area contributed by atoms with E-state index in [1.807, 2.05) is 19.1 Å². The van der Waals surface area contributed by atoms with Crippen molar-refractivity contribution in [3.05, 3.63) is 33.8 Å². The Labute approximate surface area is 130 Å². The summed E-state index contributed by atoms with van der Waals surface area (Å²) in [5, 5.41) is 3.87. The SMILES string of the molecule is COc1cc(CNC(C)C)cc(Cl)c1OC/C(C)=C/Cl. The smallest absolute Gasteiger partial charge is 0.180 e. The Kier molecular flexibility index (Phi) is 7.20. The molecular weight excluding hydrogens is 297 g/mol. The first kappa shape index (κ1) is 17.2. The first-order valence-electron chi connectivity index (χ1n) is 6.46. The molecule has 0 aliphatic carbocycles. The Morgan fingerprint density at radius 3 is 2.65 bits per heavy atom. The molecule has 0 atom stereocenters. The van der Waals surface area contributed by atoms with Gasteiger partial charge in [0.2, 0.25) is 0 Å². The Morgan fingerprint density at radius 1 is 1.40 bits per heavy atom. The molecule has 1 N–H and O–H groups in total. The molecule has 1 aromatic carbocycles. The lowest BCUT2D eigenvalue weighted by Gasteiger charge is -2.15. The second kappa shape index (κ2) is 8.40. The molecule has 0 spiro atoms. The third-order valence-electron chi connectivity index (χ3n) is 2.63. The third kappa shape index (κ3) is 5.23. The summed E-state index contributed by atoms with van der Waals surface area (Å²) in [6.45, 7) is 7.18. The highest BCUT2D eigenvalue weighted by Crippen LogP contribution is 2.36. The van der Waals surface area contributed by atoms with E-state index in [4.69, 9.17) is 32.7 Å². The Morgan fingerprint density at radius 2 is 2.10 bits per heavy atom. The standard InChI is InChI=1S/C15H21Cl2NO2/c1-10(2)18-8-12-5-13(17)15(14(6-12)19-4)20-9-11(3)7-16/h5-7,10,18H,8-9H2,1-4H3/b11-7+. The van der Waals surface area contributed by atoms with Crippen molar-refractivity contribution in [3.8, 4) is 11.5 Å². The van der Waals surface area contributed by atoms with Gasteiger partial charge in [0.1, 0.15) is 6.61 Å². The monoisotopic (exact) mass is 317 g/mol. The minimum absolute atomic E-state index is 0.378. The number of benzene rings is 1. The van der Waals surface area contributed by atoms with E-state index in [-0.39, 0.29) is 0 Å². The van der Waals surface area contributed by atoms with Gasteiger partial charge >= 0.3 is 0 Å². The highest BCUT2D eigenvalue weighted by atomic mass is 35.5. The highest BCUT2D eigenvalue weighted by Gasteiger charge is 2.12. The maximum Gasteiger partial charge on any atom is 0.180 e. The van der Waals surface area contributed by atoms with E-state index in [9.17, 15) is 0 Å². The second-order valence-electron chi connectivity index (χ2n) is 4.89. The number of rotatable bonds is 7. The van der Waals surface area contributed by atoms with E-state index in [2.05, 4.69) is 19.2 Å². The minimum atomic E-state index is 0.378. The van der Waals surface area contributed by atoms with Crippen LogP contribution < -0.4 is 14.8 Å². The van der Waals surface area contributed by atoms with Crippen molar-refractivity contribution in [2.45, 2.75) is 33.4 Å². The molecule has 0 saturated heterocycles. The van der Waals surface area contributed by atoms with Crippen LogP contribution in [0.2, 0.25) is 5.02 Å². The summed E-state index contributed by atoms with van der Waals surface area (Å²) in [7, 11) is 1.60. The lowest BCUT2D eigenvalue weighted by Crippen LogP contribution is -2.21. The van der Waals surface area contributed by atoms with Crippen molar-refractivity contribution in [1.29, 1.82) is 0 Å². The molecule has 0 saturated carbocycles.